The average molecular weight is 238 g/mol. The van der Waals surface area contributed by atoms with E-state index in [1.165, 1.54) is 6.42 Å². The zero-order valence-corrected chi connectivity index (χ0v) is 11.1. The van der Waals surface area contributed by atoms with Crippen molar-refractivity contribution in [2.75, 3.05) is 13.6 Å². The van der Waals surface area contributed by atoms with Crippen molar-refractivity contribution < 1.29 is 4.52 Å². The van der Waals surface area contributed by atoms with Crippen molar-refractivity contribution in [3.8, 4) is 0 Å². The molecule has 17 heavy (non-hydrogen) atoms. The Labute approximate surface area is 103 Å². The molecule has 0 aliphatic carbocycles. The van der Waals surface area contributed by atoms with Gasteiger partial charge >= 0.3 is 0 Å². The van der Waals surface area contributed by atoms with Crippen molar-refractivity contribution in [2.45, 2.75) is 51.7 Å². The summed E-state index contributed by atoms with van der Waals surface area (Å²) in [7, 11) is 1.89. The summed E-state index contributed by atoms with van der Waals surface area (Å²) in [5, 5.41) is 7.24. The molecule has 1 N–H and O–H groups in total. The lowest BCUT2D eigenvalue weighted by molar-refractivity contribution is 0.195. The van der Waals surface area contributed by atoms with E-state index in [1.54, 1.807) is 0 Å². The van der Waals surface area contributed by atoms with E-state index in [1.807, 2.05) is 14.0 Å². The van der Waals surface area contributed by atoms with Gasteiger partial charge in [-0.15, -0.1) is 0 Å². The van der Waals surface area contributed by atoms with E-state index in [9.17, 15) is 0 Å². The highest BCUT2D eigenvalue weighted by Gasteiger charge is 2.31. The molecule has 2 unspecified atom stereocenters. The number of nitrogens with one attached hydrogen (secondary N) is 1. The summed E-state index contributed by atoms with van der Waals surface area (Å²) >= 11 is 0. The summed E-state index contributed by atoms with van der Waals surface area (Å²) in [6.07, 6.45) is 2.35. The summed E-state index contributed by atoms with van der Waals surface area (Å²) in [4.78, 5) is 6.96. The molecule has 0 amide bonds. The summed E-state index contributed by atoms with van der Waals surface area (Å²) in [6.45, 7) is 7.59. The van der Waals surface area contributed by atoms with Gasteiger partial charge in [0.2, 0.25) is 5.89 Å². The minimum atomic E-state index is 0.116. The van der Waals surface area contributed by atoms with E-state index >= 15 is 0 Å². The van der Waals surface area contributed by atoms with Gasteiger partial charge in [0, 0.05) is 6.04 Å². The Kier molecular flexibility index (Phi) is 3.79. The van der Waals surface area contributed by atoms with Gasteiger partial charge in [-0.3, -0.25) is 4.90 Å². The van der Waals surface area contributed by atoms with Crippen LogP contribution in [0.15, 0.2) is 4.52 Å². The van der Waals surface area contributed by atoms with E-state index in [-0.39, 0.29) is 6.04 Å². The molecule has 1 aromatic rings. The molecule has 2 atom stereocenters. The molecule has 1 fully saturated rings. The van der Waals surface area contributed by atoms with Crippen LogP contribution in [0.1, 0.15) is 57.4 Å². The second-order valence-electron chi connectivity index (χ2n) is 4.99. The van der Waals surface area contributed by atoms with Gasteiger partial charge in [0.25, 0.3) is 0 Å². The molecule has 0 bridgehead atoms. The highest BCUT2D eigenvalue weighted by Crippen LogP contribution is 2.32. The maximum absolute atomic E-state index is 5.31. The SMILES string of the molecule is CNC(C)c1nc(C2CCCN2C(C)C)no1. The molecule has 0 radical (unpaired) electrons. The van der Waals surface area contributed by atoms with Crippen molar-refractivity contribution in [3.63, 3.8) is 0 Å². The lowest BCUT2D eigenvalue weighted by atomic mass is 10.2. The van der Waals surface area contributed by atoms with Crippen molar-refractivity contribution in [1.82, 2.24) is 20.4 Å². The van der Waals surface area contributed by atoms with Gasteiger partial charge in [-0.2, -0.15) is 4.98 Å². The molecule has 2 rings (SSSR count). The molecule has 1 saturated heterocycles. The smallest absolute Gasteiger partial charge is 0.243 e. The van der Waals surface area contributed by atoms with Crippen LogP contribution in [0.2, 0.25) is 0 Å². The normalized spacial score (nSPS) is 23.5. The Hall–Kier alpha value is -0.940. The van der Waals surface area contributed by atoms with Gasteiger partial charge in [0.15, 0.2) is 5.82 Å². The third-order valence-corrected chi connectivity index (χ3v) is 3.52. The number of nitrogens with zero attached hydrogens (tertiary/aromatic N) is 3. The number of hydrogen-bond acceptors (Lipinski definition) is 5. The predicted molar refractivity (Wildman–Crippen MR) is 65.6 cm³/mol. The first-order valence-corrected chi connectivity index (χ1v) is 6.40. The van der Waals surface area contributed by atoms with E-state index in [0.29, 0.717) is 18.0 Å². The summed E-state index contributed by atoms with van der Waals surface area (Å²) in [5.74, 6) is 1.52. The molecule has 0 aromatic carbocycles. The van der Waals surface area contributed by atoms with Gasteiger partial charge in [-0.25, -0.2) is 0 Å². The predicted octanol–water partition coefficient (Wildman–Crippen LogP) is 1.90. The fourth-order valence-corrected chi connectivity index (χ4v) is 2.37. The molecule has 1 aliphatic heterocycles. The van der Waals surface area contributed by atoms with Crippen LogP contribution in [0.25, 0.3) is 0 Å². The molecule has 5 heteroatoms. The Balaban J connectivity index is 2.14. The highest BCUT2D eigenvalue weighted by atomic mass is 16.5. The fraction of sp³-hybridized carbons (Fsp3) is 0.833. The van der Waals surface area contributed by atoms with Gasteiger partial charge in [-0.05, 0) is 47.2 Å². The quantitative estimate of drug-likeness (QED) is 0.868. The lowest BCUT2D eigenvalue weighted by Gasteiger charge is -2.25. The Morgan fingerprint density at radius 1 is 1.41 bits per heavy atom. The second kappa shape index (κ2) is 5.14. The van der Waals surface area contributed by atoms with E-state index in [0.717, 1.165) is 18.8 Å². The summed E-state index contributed by atoms with van der Waals surface area (Å²) in [6, 6.07) is 0.980. The van der Waals surface area contributed by atoms with Crippen LogP contribution in [0, 0.1) is 0 Å². The largest absolute Gasteiger partial charge is 0.338 e. The van der Waals surface area contributed by atoms with Crippen LogP contribution >= 0.6 is 0 Å². The van der Waals surface area contributed by atoms with Crippen LogP contribution < -0.4 is 5.32 Å². The van der Waals surface area contributed by atoms with Crippen LogP contribution in [0.5, 0.6) is 0 Å². The van der Waals surface area contributed by atoms with Gasteiger partial charge < -0.3 is 9.84 Å². The lowest BCUT2D eigenvalue weighted by Crippen LogP contribution is -2.30. The first kappa shape index (κ1) is 12.5. The standard InChI is InChI=1S/C12H22N4O/c1-8(2)16-7-5-6-10(16)11-14-12(17-15-11)9(3)13-4/h8-10,13H,5-7H2,1-4H3. The summed E-state index contributed by atoms with van der Waals surface area (Å²) in [5.41, 5.74) is 0. The van der Waals surface area contributed by atoms with Crippen LogP contribution in [-0.2, 0) is 0 Å². The van der Waals surface area contributed by atoms with Gasteiger partial charge in [-0.1, -0.05) is 5.16 Å². The number of aromatic nitrogens is 2. The molecule has 0 spiro atoms. The Morgan fingerprint density at radius 3 is 2.82 bits per heavy atom. The minimum Gasteiger partial charge on any atom is -0.338 e. The first-order chi connectivity index (χ1) is 8.13. The molecule has 0 saturated carbocycles. The number of hydrogen-bond donors (Lipinski definition) is 1. The molecule has 2 heterocycles. The molecule has 1 aromatic heterocycles. The molecular weight excluding hydrogens is 216 g/mol. The minimum absolute atomic E-state index is 0.116. The maximum Gasteiger partial charge on any atom is 0.243 e. The van der Waals surface area contributed by atoms with E-state index < -0.39 is 0 Å². The van der Waals surface area contributed by atoms with Crippen molar-refractivity contribution >= 4 is 0 Å². The fourth-order valence-electron chi connectivity index (χ4n) is 2.37. The highest BCUT2D eigenvalue weighted by molar-refractivity contribution is 5.00. The van der Waals surface area contributed by atoms with E-state index in [4.69, 9.17) is 4.52 Å². The van der Waals surface area contributed by atoms with Crippen molar-refractivity contribution in [1.29, 1.82) is 0 Å². The van der Waals surface area contributed by atoms with Gasteiger partial charge in [0.1, 0.15) is 0 Å². The summed E-state index contributed by atoms with van der Waals surface area (Å²) < 4.78 is 5.31. The molecule has 1 aliphatic rings. The topological polar surface area (TPSA) is 54.2 Å². The van der Waals surface area contributed by atoms with Crippen LogP contribution in [-0.4, -0.2) is 34.7 Å². The van der Waals surface area contributed by atoms with E-state index in [2.05, 4.69) is 34.2 Å². The molecule has 5 nitrogen and oxygen atoms in total. The van der Waals surface area contributed by atoms with Crippen LogP contribution in [0.3, 0.4) is 0 Å². The maximum atomic E-state index is 5.31. The zero-order valence-electron chi connectivity index (χ0n) is 11.1. The molecule has 96 valence electrons. The van der Waals surface area contributed by atoms with Gasteiger partial charge in [0.05, 0.1) is 12.1 Å². The van der Waals surface area contributed by atoms with Crippen LogP contribution in [0.4, 0.5) is 0 Å². The van der Waals surface area contributed by atoms with Crippen molar-refractivity contribution in [3.05, 3.63) is 11.7 Å². The zero-order chi connectivity index (χ0) is 12.4. The Bertz CT molecular complexity index is 363. The van der Waals surface area contributed by atoms with Crippen molar-refractivity contribution in [2.24, 2.45) is 0 Å². The second-order valence-corrected chi connectivity index (χ2v) is 4.99. The monoisotopic (exact) mass is 238 g/mol. The third kappa shape index (κ3) is 2.50. The Morgan fingerprint density at radius 2 is 2.18 bits per heavy atom. The molecular formula is C12H22N4O. The number of rotatable bonds is 4. The average Bonchev–Trinajstić information content (AvgIpc) is 2.95. The first-order valence-electron chi connectivity index (χ1n) is 6.40. The third-order valence-electron chi connectivity index (χ3n) is 3.52. The number of likely N-dealkylation sites (tertiary alicyclic amines) is 1.